The van der Waals surface area contributed by atoms with Crippen molar-refractivity contribution in [2.24, 2.45) is 0 Å². The van der Waals surface area contributed by atoms with Gasteiger partial charge in [0.15, 0.2) is 0 Å². The van der Waals surface area contributed by atoms with E-state index in [1.165, 1.54) is 32.5 Å². The quantitative estimate of drug-likeness (QED) is 0.0549. The van der Waals surface area contributed by atoms with Gasteiger partial charge in [-0.3, -0.25) is 38.6 Å². The molecule has 2 aromatic carbocycles. The summed E-state index contributed by atoms with van der Waals surface area (Å²) in [5.41, 5.74) is 2.26. The van der Waals surface area contributed by atoms with Crippen LogP contribution in [0.15, 0.2) is 44.0 Å². The molecule has 10 nitrogen and oxygen atoms in total. The fourth-order valence-corrected chi connectivity index (χ4v) is 9.72. The highest BCUT2D eigenvalue weighted by Gasteiger charge is 2.43. The third kappa shape index (κ3) is 8.26. The summed E-state index contributed by atoms with van der Waals surface area (Å²) in [6.07, 6.45) is 6.16. The van der Waals surface area contributed by atoms with Crippen molar-refractivity contribution in [2.75, 3.05) is 26.3 Å². The van der Waals surface area contributed by atoms with Gasteiger partial charge in [-0.25, -0.2) is 0 Å². The summed E-state index contributed by atoms with van der Waals surface area (Å²) < 4.78 is 12.0. The molecule has 4 amide bonds. The van der Waals surface area contributed by atoms with Crippen LogP contribution < -0.4 is 0 Å². The number of unbranched alkanes of at least 4 members (excludes halogenated alkanes) is 6. The molecule has 6 rings (SSSR count). The average molecular weight is 901 g/mol. The molecule has 284 valence electrons. The Morgan fingerprint density at radius 1 is 0.556 bits per heavy atom. The Morgan fingerprint density at radius 3 is 1.30 bits per heavy atom. The number of hydrogen-bond donors (Lipinski definition) is 0. The molecule has 0 fully saturated rings. The number of halogens is 2. The Morgan fingerprint density at radius 2 is 0.944 bits per heavy atom. The second-order valence-corrected chi connectivity index (χ2v) is 18.1. The first-order valence-corrected chi connectivity index (χ1v) is 21.5. The lowest BCUT2D eigenvalue weighted by Gasteiger charge is -2.34. The number of amides is 4. The molecule has 0 spiro atoms. The number of thiophene rings is 2. The van der Waals surface area contributed by atoms with Crippen LogP contribution in [-0.2, 0) is 19.1 Å². The number of nitrogens with zero attached hydrogens (tertiary/aromatic N) is 2. The van der Waals surface area contributed by atoms with Gasteiger partial charge in [0, 0.05) is 68.7 Å². The van der Waals surface area contributed by atoms with E-state index in [-0.39, 0.29) is 36.2 Å². The molecule has 0 N–H and O–H groups in total. The lowest BCUT2D eigenvalue weighted by molar-refractivity contribution is -0.144. The van der Waals surface area contributed by atoms with E-state index in [0.717, 1.165) is 43.0 Å². The monoisotopic (exact) mass is 898 g/mol. The van der Waals surface area contributed by atoms with Crippen molar-refractivity contribution in [2.45, 2.75) is 78.1 Å². The number of esters is 2. The minimum atomic E-state index is -0.463. The van der Waals surface area contributed by atoms with Gasteiger partial charge in [-0.2, -0.15) is 0 Å². The van der Waals surface area contributed by atoms with Crippen molar-refractivity contribution in [3.63, 3.8) is 0 Å². The van der Waals surface area contributed by atoms with Gasteiger partial charge in [-0.05, 0) is 107 Å². The van der Waals surface area contributed by atoms with Crippen LogP contribution in [0.3, 0.4) is 0 Å². The first-order chi connectivity index (χ1) is 26.0. The summed E-state index contributed by atoms with van der Waals surface area (Å²) in [6.45, 7) is 4.55. The molecular weight excluding hydrogens is 860 g/mol. The number of benzene rings is 2. The molecule has 2 aliphatic rings. The Bertz CT molecular complexity index is 1990. The molecule has 0 saturated carbocycles. The standard InChI is InChI=1S/C40H40Br2N2O8S2/c1-3-31(45)51-19-11-7-5-9-17-43-37(47)25-21-24(28-14-16-30(42)54-28)36-34-26(22-23(27-13-15-29(41)53-27)35(33(25)34)39(43)49)38(48)44(40(36)50)18-10-6-8-12-20-52-32(46)4-2/h13-16,21-22H,3-12,17-20H2,1-2H3. The van der Waals surface area contributed by atoms with E-state index in [9.17, 15) is 28.8 Å². The number of carbonyl (C=O) groups excluding carboxylic acids is 6. The lowest BCUT2D eigenvalue weighted by Crippen LogP contribution is -2.44. The molecular formula is C40H40Br2N2O8S2. The van der Waals surface area contributed by atoms with Gasteiger partial charge in [0.05, 0.1) is 31.9 Å². The van der Waals surface area contributed by atoms with Gasteiger partial charge in [-0.1, -0.05) is 26.7 Å². The Hall–Kier alpha value is -3.72. The van der Waals surface area contributed by atoms with Crippen LogP contribution in [0.25, 0.3) is 31.7 Å². The van der Waals surface area contributed by atoms with Crippen molar-refractivity contribution in [3.05, 3.63) is 66.2 Å². The van der Waals surface area contributed by atoms with Crippen molar-refractivity contribution >= 4 is 101 Å². The van der Waals surface area contributed by atoms with Crippen molar-refractivity contribution in [1.82, 2.24) is 9.80 Å². The molecule has 4 heterocycles. The summed E-state index contributed by atoms with van der Waals surface area (Å²) >= 11 is 9.92. The molecule has 4 aromatic rings. The molecule has 2 aliphatic heterocycles. The Kier molecular flexibility index (Phi) is 13.2. The van der Waals surface area contributed by atoms with E-state index in [2.05, 4.69) is 31.9 Å². The highest BCUT2D eigenvalue weighted by Crippen LogP contribution is 2.48. The summed E-state index contributed by atoms with van der Waals surface area (Å²) in [5.74, 6) is -2.32. The van der Waals surface area contributed by atoms with Crippen molar-refractivity contribution in [3.8, 4) is 20.9 Å². The van der Waals surface area contributed by atoms with Crippen molar-refractivity contribution < 1.29 is 38.2 Å². The molecule has 0 unspecified atom stereocenters. The van der Waals surface area contributed by atoms with Crippen LogP contribution in [0.4, 0.5) is 0 Å². The molecule has 2 aromatic heterocycles. The molecule has 0 radical (unpaired) electrons. The zero-order valence-corrected chi connectivity index (χ0v) is 34.9. The predicted molar refractivity (Wildman–Crippen MR) is 216 cm³/mol. The van der Waals surface area contributed by atoms with Crippen LogP contribution in [0.5, 0.6) is 0 Å². The van der Waals surface area contributed by atoms with E-state index in [0.29, 0.717) is 84.8 Å². The largest absolute Gasteiger partial charge is 0.466 e. The Labute approximate surface area is 338 Å². The molecule has 0 atom stereocenters. The number of hydrogen-bond acceptors (Lipinski definition) is 10. The second-order valence-electron chi connectivity index (χ2n) is 13.2. The average Bonchev–Trinajstić information content (AvgIpc) is 3.81. The maximum Gasteiger partial charge on any atom is 0.305 e. The summed E-state index contributed by atoms with van der Waals surface area (Å²) in [7, 11) is 0. The highest BCUT2D eigenvalue weighted by molar-refractivity contribution is 9.11. The van der Waals surface area contributed by atoms with Gasteiger partial charge in [0.2, 0.25) is 0 Å². The first-order valence-electron chi connectivity index (χ1n) is 18.3. The maximum atomic E-state index is 14.5. The van der Waals surface area contributed by atoms with Gasteiger partial charge in [0.25, 0.3) is 23.6 Å². The van der Waals surface area contributed by atoms with E-state index in [4.69, 9.17) is 9.47 Å². The smallest absolute Gasteiger partial charge is 0.305 e. The predicted octanol–water partition coefficient (Wildman–Crippen LogP) is 10.0. The van der Waals surface area contributed by atoms with Crippen molar-refractivity contribution in [1.29, 1.82) is 0 Å². The maximum absolute atomic E-state index is 14.5. The number of rotatable bonds is 18. The van der Waals surface area contributed by atoms with Crippen LogP contribution in [0.1, 0.15) is 119 Å². The third-order valence-corrected chi connectivity index (χ3v) is 12.9. The van der Waals surface area contributed by atoms with Crippen LogP contribution in [0, 0.1) is 0 Å². The van der Waals surface area contributed by atoms with Gasteiger partial charge >= 0.3 is 11.9 Å². The number of imide groups is 2. The second kappa shape index (κ2) is 17.8. The minimum Gasteiger partial charge on any atom is -0.466 e. The summed E-state index contributed by atoms with van der Waals surface area (Å²) in [6, 6.07) is 11.0. The van der Waals surface area contributed by atoms with Crippen LogP contribution in [-0.4, -0.2) is 71.7 Å². The van der Waals surface area contributed by atoms with E-state index >= 15 is 0 Å². The van der Waals surface area contributed by atoms with Gasteiger partial charge in [0.1, 0.15) is 0 Å². The SMILES string of the molecule is CCC(=O)OCCCCCCN1C(=O)c2cc(-c3ccc(Br)s3)c3c4c(cc(-c5ccc(Br)s5)c(c24)C1=O)C(=O)N(CCCCCCOC(=O)CC)C3=O. The zero-order valence-electron chi connectivity index (χ0n) is 30.1. The van der Waals surface area contributed by atoms with Crippen LogP contribution >= 0.6 is 54.5 Å². The van der Waals surface area contributed by atoms with Gasteiger partial charge in [-0.15, -0.1) is 22.7 Å². The summed E-state index contributed by atoms with van der Waals surface area (Å²) in [4.78, 5) is 84.9. The Balaban J connectivity index is 1.37. The molecule has 0 bridgehead atoms. The molecule has 14 heteroatoms. The molecule has 54 heavy (non-hydrogen) atoms. The minimum absolute atomic E-state index is 0.191. The van der Waals surface area contributed by atoms with E-state index in [1.807, 2.05) is 24.3 Å². The fraction of sp³-hybridized carbons (Fsp3) is 0.400. The lowest BCUT2D eigenvalue weighted by atomic mass is 9.80. The highest BCUT2D eigenvalue weighted by atomic mass is 79.9. The number of ether oxygens (including phenoxy) is 2. The number of carbonyl (C=O) groups is 6. The first kappa shape index (κ1) is 40.0. The topological polar surface area (TPSA) is 127 Å². The van der Waals surface area contributed by atoms with Gasteiger partial charge < -0.3 is 9.47 Å². The fourth-order valence-electron chi connectivity index (χ4n) is 6.90. The van der Waals surface area contributed by atoms with E-state index < -0.39 is 23.6 Å². The molecule has 0 saturated heterocycles. The summed E-state index contributed by atoms with van der Waals surface area (Å²) in [5, 5.41) is 0.682. The zero-order chi connectivity index (χ0) is 38.5. The van der Waals surface area contributed by atoms with Crippen LogP contribution in [0.2, 0.25) is 0 Å². The van der Waals surface area contributed by atoms with E-state index in [1.54, 1.807) is 26.0 Å². The molecule has 0 aliphatic carbocycles. The third-order valence-electron chi connectivity index (χ3n) is 9.61. The normalized spacial score (nSPS) is 13.7.